The molecular formula is C12H9BrFN3S. The molecule has 0 fully saturated rings. The fraction of sp³-hybridized carbons (Fsp3) is 0. The Balaban J connectivity index is 2.21. The first-order valence-corrected chi connectivity index (χ1v) is 6.24. The molecular weight excluding hydrogens is 317 g/mol. The number of hydrogen-bond donors (Lipinski definition) is 2. The van der Waals surface area contributed by atoms with Crippen LogP contribution in [0.1, 0.15) is 5.69 Å². The first-order chi connectivity index (χ1) is 8.56. The van der Waals surface area contributed by atoms with E-state index in [-0.39, 0.29) is 10.8 Å². The summed E-state index contributed by atoms with van der Waals surface area (Å²) in [4.78, 5) is 4.36. The Labute approximate surface area is 117 Å². The van der Waals surface area contributed by atoms with Crippen molar-refractivity contribution in [2.45, 2.75) is 0 Å². The molecule has 6 heteroatoms. The predicted molar refractivity (Wildman–Crippen MR) is 77.5 cm³/mol. The molecule has 0 saturated carbocycles. The van der Waals surface area contributed by atoms with Crippen molar-refractivity contribution >= 4 is 44.5 Å². The molecule has 1 aromatic heterocycles. The first kappa shape index (κ1) is 12.9. The van der Waals surface area contributed by atoms with E-state index in [1.807, 2.05) is 0 Å². The molecule has 2 rings (SSSR count). The number of rotatable bonds is 3. The normalized spacial score (nSPS) is 10.1. The number of anilines is 2. The average Bonchev–Trinajstić information content (AvgIpc) is 2.33. The van der Waals surface area contributed by atoms with Gasteiger partial charge in [0.1, 0.15) is 10.8 Å². The SMILES string of the molecule is NC(=S)c1ccc(Nc2ccc(F)cc2Br)cn1. The van der Waals surface area contributed by atoms with Crippen LogP contribution in [-0.2, 0) is 0 Å². The second-order valence-electron chi connectivity index (χ2n) is 3.55. The maximum absolute atomic E-state index is 12.9. The van der Waals surface area contributed by atoms with Crippen LogP contribution in [0, 0.1) is 5.82 Å². The Morgan fingerprint density at radius 2 is 2.11 bits per heavy atom. The molecule has 0 aliphatic rings. The van der Waals surface area contributed by atoms with Gasteiger partial charge in [0, 0.05) is 4.47 Å². The van der Waals surface area contributed by atoms with Crippen molar-refractivity contribution in [2.75, 3.05) is 5.32 Å². The summed E-state index contributed by atoms with van der Waals surface area (Å²) in [5.41, 5.74) is 7.54. The fourth-order valence-corrected chi connectivity index (χ4v) is 1.93. The highest BCUT2D eigenvalue weighted by molar-refractivity contribution is 9.10. The topological polar surface area (TPSA) is 50.9 Å². The zero-order valence-electron chi connectivity index (χ0n) is 9.15. The molecule has 0 spiro atoms. The van der Waals surface area contributed by atoms with Crippen LogP contribution in [0.25, 0.3) is 0 Å². The van der Waals surface area contributed by atoms with Crippen molar-refractivity contribution in [3.8, 4) is 0 Å². The van der Waals surface area contributed by atoms with Gasteiger partial charge in [-0.1, -0.05) is 12.2 Å². The van der Waals surface area contributed by atoms with Gasteiger partial charge >= 0.3 is 0 Å². The minimum atomic E-state index is -0.297. The van der Waals surface area contributed by atoms with E-state index in [2.05, 4.69) is 26.2 Å². The summed E-state index contributed by atoms with van der Waals surface area (Å²) in [5, 5.41) is 3.11. The maximum Gasteiger partial charge on any atom is 0.124 e. The van der Waals surface area contributed by atoms with Gasteiger partial charge in [-0.2, -0.15) is 0 Å². The van der Waals surface area contributed by atoms with Crippen molar-refractivity contribution in [3.05, 3.63) is 52.5 Å². The highest BCUT2D eigenvalue weighted by atomic mass is 79.9. The quantitative estimate of drug-likeness (QED) is 0.849. The van der Waals surface area contributed by atoms with Gasteiger partial charge in [0.05, 0.1) is 23.3 Å². The highest BCUT2D eigenvalue weighted by Gasteiger charge is 2.03. The van der Waals surface area contributed by atoms with Crippen molar-refractivity contribution in [1.82, 2.24) is 4.98 Å². The molecule has 0 atom stereocenters. The van der Waals surface area contributed by atoms with Gasteiger partial charge in [-0.25, -0.2) is 4.39 Å². The summed E-state index contributed by atoms with van der Waals surface area (Å²) in [5.74, 6) is -0.297. The van der Waals surface area contributed by atoms with Gasteiger partial charge < -0.3 is 11.1 Å². The zero-order chi connectivity index (χ0) is 13.1. The van der Waals surface area contributed by atoms with Crippen LogP contribution in [0.5, 0.6) is 0 Å². The van der Waals surface area contributed by atoms with Crippen LogP contribution in [0.4, 0.5) is 15.8 Å². The number of hydrogen-bond acceptors (Lipinski definition) is 3. The summed E-state index contributed by atoms with van der Waals surface area (Å²) < 4.78 is 13.6. The number of benzene rings is 1. The number of nitrogens with zero attached hydrogens (tertiary/aromatic N) is 1. The van der Waals surface area contributed by atoms with E-state index in [0.29, 0.717) is 10.2 Å². The smallest absolute Gasteiger partial charge is 0.124 e. The van der Waals surface area contributed by atoms with Crippen LogP contribution in [0.15, 0.2) is 41.0 Å². The molecule has 92 valence electrons. The molecule has 2 aromatic rings. The molecule has 0 bridgehead atoms. The number of halogens is 2. The molecule has 0 saturated heterocycles. The van der Waals surface area contributed by atoms with Crippen LogP contribution >= 0.6 is 28.1 Å². The van der Waals surface area contributed by atoms with E-state index in [0.717, 1.165) is 11.4 Å². The van der Waals surface area contributed by atoms with E-state index in [9.17, 15) is 4.39 Å². The summed E-state index contributed by atoms with van der Waals surface area (Å²) in [6.45, 7) is 0. The maximum atomic E-state index is 12.9. The highest BCUT2D eigenvalue weighted by Crippen LogP contribution is 2.26. The van der Waals surface area contributed by atoms with Crippen LogP contribution in [0.3, 0.4) is 0 Å². The third-order valence-corrected chi connectivity index (χ3v) is 3.09. The Hall–Kier alpha value is -1.53. The van der Waals surface area contributed by atoms with Crippen molar-refractivity contribution in [1.29, 1.82) is 0 Å². The molecule has 0 radical (unpaired) electrons. The Bertz CT molecular complexity index is 586. The molecule has 1 heterocycles. The van der Waals surface area contributed by atoms with E-state index in [1.54, 1.807) is 24.4 Å². The second-order valence-corrected chi connectivity index (χ2v) is 4.84. The van der Waals surface area contributed by atoms with E-state index >= 15 is 0 Å². The summed E-state index contributed by atoms with van der Waals surface area (Å²) in [6, 6.07) is 7.93. The Kier molecular flexibility index (Phi) is 3.88. The zero-order valence-corrected chi connectivity index (χ0v) is 11.6. The van der Waals surface area contributed by atoms with Crippen molar-refractivity contribution in [2.24, 2.45) is 5.73 Å². The first-order valence-electron chi connectivity index (χ1n) is 5.04. The molecule has 0 unspecified atom stereocenters. The molecule has 3 N–H and O–H groups in total. The van der Waals surface area contributed by atoms with Crippen LogP contribution in [0.2, 0.25) is 0 Å². The molecule has 1 aromatic carbocycles. The standard InChI is InChI=1S/C12H9BrFN3S/c13-9-5-7(14)1-3-10(9)17-8-2-4-11(12(15)18)16-6-8/h1-6,17H,(H2,15,18). The van der Waals surface area contributed by atoms with E-state index < -0.39 is 0 Å². The van der Waals surface area contributed by atoms with E-state index in [4.69, 9.17) is 18.0 Å². The average molecular weight is 326 g/mol. The monoisotopic (exact) mass is 325 g/mol. The molecule has 3 nitrogen and oxygen atoms in total. The van der Waals surface area contributed by atoms with Gasteiger partial charge in [0.25, 0.3) is 0 Å². The van der Waals surface area contributed by atoms with Gasteiger partial charge in [-0.15, -0.1) is 0 Å². The lowest BCUT2D eigenvalue weighted by Crippen LogP contribution is -2.11. The number of thiocarbonyl (C=S) groups is 1. The number of nitrogens with two attached hydrogens (primary N) is 1. The van der Waals surface area contributed by atoms with Crippen molar-refractivity contribution < 1.29 is 4.39 Å². The molecule has 0 aliphatic heterocycles. The lowest BCUT2D eigenvalue weighted by molar-refractivity contribution is 0.627. The van der Waals surface area contributed by atoms with Gasteiger partial charge in [-0.05, 0) is 46.3 Å². The minimum absolute atomic E-state index is 0.254. The van der Waals surface area contributed by atoms with Crippen LogP contribution < -0.4 is 11.1 Å². The summed E-state index contributed by atoms with van der Waals surface area (Å²) in [7, 11) is 0. The third-order valence-electron chi connectivity index (χ3n) is 2.23. The number of aromatic nitrogens is 1. The van der Waals surface area contributed by atoms with Gasteiger partial charge in [0.2, 0.25) is 0 Å². The predicted octanol–water partition coefficient (Wildman–Crippen LogP) is 3.36. The second kappa shape index (κ2) is 5.41. The third kappa shape index (κ3) is 3.02. The van der Waals surface area contributed by atoms with E-state index in [1.165, 1.54) is 12.1 Å². The lowest BCUT2D eigenvalue weighted by atomic mass is 10.3. The van der Waals surface area contributed by atoms with Crippen LogP contribution in [-0.4, -0.2) is 9.97 Å². The van der Waals surface area contributed by atoms with Gasteiger partial charge in [-0.3, -0.25) is 4.98 Å². The Morgan fingerprint density at radius 1 is 1.33 bits per heavy atom. The number of nitrogens with one attached hydrogen (secondary N) is 1. The molecule has 0 amide bonds. The van der Waals surface area contributed by atoms with Crippen molar-refractivity contribution in [3.63, 3.8) is 0 Å². The van der Waals surface area contributed by atoms with Gasteiger partial charge in [0.15, 0.2) is 0 Å². The minimum Gasteiger partial charge on any atom is -0.388 e. The summed E-state index contributed by atoms with van der Waals surface area (Å²) in [6.07, 6.45) is 1.62. The molecule has 0 aliphatic carbocycles. The largest absolute Gasteiger partial charge is 0.388 e. The Morgan fingerprint density at radius 3 is 2.67 bits per heavy atom. The lowest BCUT2D eigenvalue weighted by Gasteiger charge is -2.08. The molecule has 18 heavy (non-hydrogen) atoms. The number of pyridine rings is 1. The fourth-order valence-electron chi connectivity index (χ4n) is 1.36. The summed E-state index contributed by atoms with van der Waals surface area (Å²) >= 11 is 8.09.